The van der Waals surface area contributed by atoms with Gasteiger partial charge in [-0.25, -0.2) is 8.78 Å². The predicted molar refractivity (Wildman–Crippen MR) is 142 cm³/mol. The Morgan fingerprint density at radius 3 is 2.45 bits per heavy atom. The zero-order valence-corrected chi connectivity index (χ0v) is 22.1. The lowest BCUT2D eigenvalue weighted by atomic mass is 9.96. The van der Waals surface area contributed by atoms with Crippen molar-refractivity contribution in [2.75, 3.05) is 44.2 Å². The Kier molecular flexibility index (Phi) is 10.0. The lowest BCUT2D eigenvalue weighted by Crippen LogP contribution is -2.35. The van der Waals surface area contributed by atoms with Gasteiger partial charge in [-0.3, -0.25) is 4.79 Å². The molecule has 1 amide bonds. The molecule has 1 N–H and O–H groups in total. The van der Waals surface area contributed by atoms with Gasteiger partial charge in [-0.05, 0) is 77.9 Å². The molecule has 0 aliphatic carbocycles. The van der Waals surface area contributed by atoms with Crippen LogP contribution in [-0.4, -0.2) is 63.9 Å². The summed E-state index contributed by atoms with van der Waals surface area (Å²) in [6.45, 7) is 8.42. The third kappa shape index (κ3) is 7.70. The second kappa shape index (κ2) is 12.7. The van der Waals surface area contributed by atoms with Gasteiger partial charge < -0.3 is 15.1 Å². The molecule has 4 nitrogen and oxygen atoms in total. The topological polar surface area (TPSA) is 35.6 Å². The number of hydrogen-bond donors (Lipinski definition) is 1. The summed E-state index contributed by atoms with van der Waals surface area (Å²) >= 11 is -0.280. The van der Waals surface area contributed by atoms with Crippen molar-refractivity contribution in [2.45, 2.75) is 39.5 Å². The van der Waals surface area contributed by atoms with E-state index in [0.717, 1.165) is 73.6 Å². The molecule has 1 saturated heterocycles. The second-order valence-electron chi connectivity index (χ2n) is 9.23. The number of amides is 1. The van der Waals surface area contributed by atoms with Crippen LogP contribution in [0.1, 0.15) is 45.1 Å². The van der Waals surface area contributed by atoms with Crippen molar-refractivity contribution in [1.29, 1.82) is 0 Å². The summed E-state index contributed by atoms with van der Waals surface area (Å²) in [6.07, 6.45) is 6.00. The molecule has 0 aromatic heterocycles. The molecule has 0 unspecified atom stereocenters. The highest BCUT2D eigenvalue weighted by atomic mass is 127. The van der Waals surface area contributed by atoms with Crippen LogP contribution < -0.4 is 5.32 Å². The predicted octanol–water partition coefficient (Wildman–Crippen LogP) is 4.97. The summed E-state index contributed by atoms with van der Waals surface area (Å²) < 4.78 is 31.6. The summed E-state index contributed by atoms with van der Waals surface area (Å²) in [5.41, 5.74) is 2.79. The van der Waals surface area contributed by atoms with Crippen LogP contribution in [-0.2, 0) is 4.79 Å². The van der Waals surface area contributed by atoms with E-state index in [2.05, 4.69) is 46.1 Å². The molecule has 2 aliphatic rings. The van der Waals surface area contributed by atoms with Crippen LogP contribution in [0.2, 0.25) is 0 Å². The molecule has 0 saturated carbocycles. The van der Waals surface area contributed by atoms with E-state index in [9.17, 15) is 13.6 Å². The molecular formula is C26H36F2IN3O. The van der Waals surface area contributed by atoms with Crippen molar-refractivity contribution in [3.63, 3.8) is 0 Å². The molecule has 0 spiro atoms. The Hall–Kier alpha value is -1.61. The number of hydrogen-bond acceptors (Lipinski definition) is 3. The first-order valence-corrected chi connectivity index (χ1v) is 14.7. The van der Waals surface area contributed by atoms with Crippen LogP contribution >= 0.6 is 20.7 Å². The number of alkyl halides is 1. The molecule has 2 aliphatic heterocycles. The molecule has 1 fully saturated rings. The minimum atomic E-state index is -0.597. The zero-order chi connectivity index (χ0) is 23.8. The van der Waals surface area contributed by atoms with Gasteiger partial charge in [0.15, 0.2) is 0 Å². The van der Waals surface area contributed by atoms with Gasteiger partial charge in [0.25, 0.3) is 5.91 Å². The molecule has 7 heteroatoms. The van der Waals surface area contributed by atoms with Crippen molar-refractivity contribution in [1.82, 2.24) is 15.1 Å². The highest BCUT2D eigenvalue weighted by molar-refractivity contribution is 14.2. The highest BCUT2D eigenvalue weighted by Crippen LogP contribution is 2.33. The summed E-state index contributed by atoms with van der Waals surface area (Å²) in [5, 5.41) is 3.09. The molecule has 2 heterocycles. The SMILES string of the molecule is CC(C)CNC(=O)/C1=C(N2CCCCN(C)CCC2)/C(c2cc(F)cc(F)c2)=C\CCI=C1. The van der Waals surface area contributed by atoms with E-state index >= 15 is 0 Å². The zero-order valence-electron chi connectivity index (χ0n) is 20.0. The Morgan fingerprint density at radius 2 is 1.73 bits per heavy atom. The van der Waals surface area contributed by atoms with Gasteiger partial charge in [0.05, 0.1) is 11.3 Å². The van der Waals surface area contributed by atoms with Gasteiger partial charge in [0.2, 0.25) is 0 Å². The lowest BCUT2D eigenvalue weighted by molar-refractivity contribution is -0.117. The van der Waals surface area contributed by atoms with Crippen molar-refractivity contribution in [2.24, 2.45) is 5.92 Å². The van der Waals surface area contributed by atoms with Gasteiger partial charge in [0.1, 0.15) is 11.6 Å². The number of nitrogens with one attached hydrogen (secondary N) is 1. The van der Waals surface area contributed by atoms with E-state index < -0.39 is 11.6 Å². The van der Waals surface area contributed by atoms with E-state index in [1.165, 1.54) is 12.1 Å². The fourth-order valence-corrected chi connectivity index (χ4v) is 6.20. The first-order valence-electron chi connectivity index (χ1n) is 11.9. The standard InChI is InChI=1S/C26H36F2IN3O/c1-19(2)18-30-26(33)24-17-29-9-6-8-23(20-14-21(27)16-22(28)15-20)25(24)32-12-5-4-10-31(3)11-7-13-32/h8,14-17,19H,4-7,9-13,18H2,1-3H3,(H,30,33)/b23-8-,25-24-. The van der Waals surface area contributed by atoms with Crippen molar-refractivity contribution in [3.8, 4) is 0 Å². The average Bonchev–Trinajstić information content (AvgIpc) is 2.83. The molecule has 3 rings (SSSR count). The van der Waals surface area contributed by atoms with E-state index in [1.807, 2.05) is 0 Å². The van der Waals surface area contributed by atoms with Gasteiger partial charge in [-0.1, -0.05) is 19.9 Å². The van der Waals surface area contributed by atoms with Crippen LogP contribution in [0.3, 0.4) is 0 Å². The van der Waals surface area contributed by atoms with Gasteiger partial charge in [-0.2, -0.15) is 0 Å². The van der Waals surface area contributed by atoms with Crippen LogP contribution in [0.4, 0.5) is 8.78 Å². The quantitative estimate of drug-likeness (QED) is 0.401. The normalized spacial score (nSPS) is 22.8. The number of carbonyl (C=O) groups is 1. The Morgan fingerprint density at radius 1 is 1.06 bits per heavy atom. The summed E-state index contributed by atoms with van der Waals surface area (Å²) in [4.78, 5) is 18.1. The van der Waals surface area contributed by atoms with Crippen LogP contribution in [0.15, 0.2) is 35.5 Å². The molecule has 1 aromatic rings. The largest absolute Gasteiger partial charge is 0.370 e. The number of nitrogens with zero attached hydrogens (tertiary/aromatic N) is 2. The number of rotatable bonds is 5. The first-order chi connectivity index (χ1) is 15.8. The van der Waals surface area contributed by atoms with E-state index in [0.29, 0.717) is 23.6 Å². The third-order valence-electron chi connectivity index (χ3n) is 5.85. The van der Waals surface area contributed by atoms with Crippen molar-refractivity contribution in [3.05, 3.63) is 52.7 Å². The molecule has 0 atom stereocenters. The summed E-state index contributed by atoms with van der Waals surface area (Å²) in [5.74, 6) is -0.935. The molecular weight excluding hydrogens is 535 g/mol. The van der Waals surface area contributed by atoms with Crippen LogP contribution in [0, 0.1) is 17.6 Å². The minimum absolute atomic E-state index is 0.0833. The Bertz CT molecular complexity index is 906. The number of halogens is 3. The number of benzene rings is 1. The van der Waals surface area contributed by atoms with Gasteiger partial charge >= 0.3 is 0 Å². The lowest BCUT2D eigenvalue weighted by Gasteiger charge is -2.31. The fraction of sp³-hybridized carbons (Fsp3) is 0.538. The average molecular weight is 571 g/mol. The Labute approximate surface area is 206 Å². The first kappa shape index (κ1) is 26.0. The van der Waals surface area contributed by atoms with Gasteiger partial charge in [-0.15, -0.1) is 20.7 Å². The molecule has 33 heavy (non-hydrogen) atoms. The maximum Gasteiger partial charge on any atom is 0.253 e. The smallest absolute Gasteiger partial charge is 0.253 e. The van der Waals surface area contributed by atoms with E-state index in [1.54, 1.807) is 0 Å². The Balaban J connectivity index is 2.12. The minimum Gasteiger partial charge on any atom is -0.370 e. The van der Waals surface area contributed by atoms with Crippen molar-refractivity contribution < 1.29 is 13.6 Å². The second-order valence-corrected chi connectivity index (χ2v) is 11.8. The monoisotopic (exact) mass is 571 g/mol. The van der Waals surface area contributed by atoms with E-state index in [-0.39, 0.29) is 26.6 Å². The highest BCUT2D eigenvalue weighted by Gasteiger charge is 2.25. The van der Waals surface area contributed by atoms with Crippen molar-refractivity contribution >= 4 is 36.2 Å². The third-order valence-corrected chi connectivity index (χ3v) is 8.16. The number of carbonyl (C=O) groups excluding carboxylic acids is 1. The van der Waals surface area contributed by atoms with Crippen LogP contribution in [0.25, 0.3) is 5.57 Å². The number of allylic oxidation sites excluding steroid dienone is 2. The molecule has 0 bridgehead atoms. The molecule has 0 radical (unpaired) electrons. The molecule has 182 valence electrons. The summed E-state index contributed by atoms with van der Waals surface area (Å²) in [7, 11) is 2.15. The molecule has 1 aromatic carbocycles. The summed E-state index contributed by atoms with van der Waals surface area (Å²) in [6, 6.07) is 3.68. The van der Waals surface area contributed by atoms with Gasteiger partial charge in [0, 0.05) is 31.3 Å². The maximum absolute atomic E-state index is 14.2. The van der Waals surface area contributed by atoms with Crippen LogP contribution in [0.5, 0.6) is 0 Å². The fourth-order valence-electron chi connectivity index (χ4n) is 4.20. The van der Waals surface area contributed by atoms with E-state index in [4.69, 9.17) is 0 Å². The maximum atomic E-state index is 14.2.